The van der Waals surface area contributed by atoms with Crippen molar-refractivity contribution >= 4 is 33.6 Å². The Hall–Kier alpha value is -2.44. The maximum atomic E-state index is 12.1. The molecule has 12 heteroatoms. The lowest BCUT2D eigenvalue weighted by Gasteiger charge is -2.11. The second kappa shape index (κ2) is 8.29. The Labute approximate surface area is 154 Å². The fraction of sp³-hybridized carbons (Fsp3) is 0.286. The normalized spacial score (nSPS) is 11.5. The van der Waals surface area contributed by atoms with E-state index >= 15 is 0 Å². The third-order valence-electron chi connectivity index (χ3n) is 3.08. The molecule has 0 saturated heterocycles. The van der Waals surface area contributed by atoms with E-state index in [1.54, 1.807) is 0 Å². The third kappa shape index (κ3) is 5.03. The summed E-state index contributed by atoms with van der Waals surface area (Å²) in [4.78, 5) is 22.9. The molecule has 0 spiro atoms. The van der Waals surface area contributed by atoms with Crippen molar-refractivity contribution in [1.82, 2.24) is 19.8 Å². The molecule has 1 aromatic carbocycles. The molecule has 26 heavy (non-hydrogen) atoms. The van der Waals surface area contributed by atoms with Crippen LogP contribution in [0.2, 0.25) is 0 Å². The zero-order chi connectivity index (χ0) is 19.3. The molecule has 140 valence electrons. The molecule has 10 nitrogen and oxygen atoms in total. The van der Waals surface area contributed by atoms with Gasteiger partial charge in [-0.3, -0.25) is 9.59 Å². The van der Waals surface area contributed by atoms with Crippen molar-refractivity contribution in [1.29, 1.82) is 0 Å². The van der Waals surface area contributed by atoms with Crippen molar-refractivity contribution in [3.05, 3.63) is 35.7 Å². The summed E-state index contributed by atoms with van der Waals surface area (Å²) in [5.74, 6) is -0.765. The number of aromatic nitrogens is 2. The van der Waals surface area contributed by atoms with Gasteiger partial charge in [0.2, 0.25) is 21.8 Å². The van der Waals surface area contributed by atoms with Crippen molar-refractivity contribution < 1.29 is 22.4 Å². The molecule has 0 aliphatic rings. The van der Waals surface area contributed by atoms with Gasteiger partial charge in [-0.1, -0.05) is 11.8 Å². The molecule has 0 aliphatic carbocycles. The number of nitrogens with one attached hydrogen (secondary N) is 1. The van der Waals surface area contributed by atoms with E-state index in [1.807, 2.05) is 0 Å². The van der Waals surface area contributed by atoms with E-state index in [0.29, 0.717) is 0 Å². The Morgan fingerprint density at radius 3 is 2.46 bits per heavy atom. The van der Waals surface area contributed by atoms with Crippen LogP contribution in [0, 0.1) is 0 Å². The number of benzene rings is 1. The van der Waals surface area contributed by atoms with Crippen molar-refractivity contribution in [3.63, 3.8) is 0 Å². The van der Waals surface area contributed by atoms with Gasteiger partial charge in [0.25, 0.3) is 11.1 Å². The van der Waals surface area contributed by atoms with Crippen LogP contribution in [0.25, 0.3) is 0 Å². The number of nitrogens with zero attached hydrogens (tertiary/aromatic N) is 3. The largest absolute Gasteiger partial charge is 0.414 e. The lowest BCUT2D eigenvalue weighted by Crippen LogP contribution is -2.24. The van der Waals surface area contributed by atoms with E-state index in [4.69, 9.17) is 10.2 Å². The highest BCUT2D eigenvalue weighted by molar-refractivity contribution is 7.99. The van der Waals surface area contributed by atoms with Gasteiger partial charge in [-0.25, -0.2) is 12.7 Å². The summed E-state index contributed by atoms with van der Waals surface area (Å²) in [6.45, 7) is -0.0132. The van der Waals surface area contributed by atoms with Crippen LogP contribution in [0.5, 0.6) is 0 Å². The van der Waals surface area contributed by atoms with Gasteiger partial charge in [0, 0.05) is 19.7 Å². The standard InChI is InChI=1S/C14H17N5O5S2/c1-19(2)26(22,23)10-5-3-9(4-6-10)13(21)16-7-12-17-18-14(24-12)25-8-11(15)20/h3-6H,7-8H2,1-2H3,(H2,15,20)(H,16,21). The molecule has 3 N–H and O–H groups in total. The average molecular weight is 399 g/mol. The summed E-state index contributed by atoms with van der Waals surface area (Å²) in [6, 6.07) is 5.53. The van der Waals surface area contributed by atoms with Crippen LogP contribution in [-0.4, -0.2) is 54.6 Å². The monoisotopic (exact) mass is 399 g/mol. The van der Waals surface area contributed by atoms with Gasteiger partial charge in [0.1, 0.15) is 0 Å². The van der Waals surface area contributed by atoms with Crippen LogP contribution >= 0.6 is 11.8 Å². The fourth-order valence-corrected chi connectivity index (χ4v) is 3.17. The molecular formula is C14H17N5O5S2. The number of rotatable bonds is 8. The Morgan fingerprint density at radius 1 is 1.23 bits per heavy atom. The number of sulfonamides is 1. The lowest BCUT2D eigenvalue weighted by molar-refractivity contribution is -0.115. The van der Waals surface area contributed by atoms with Gasteiger partial charge in [-0.2, -0.15) is 0 Å². The molecule has 1 aromatic heterocycles. The smallest absolute Gasteiger partial charge is 0.277 e. The Bertz CT molecular complexity index is 893. The van der Waals surface area contributed by atoms with Crippen LogP contribution in [0.3, 0.4) is 0 Å². The predicted molar refractivity (Wildman–Crippen MR) is 92.7 cm³/mol. The number of carbonyl (C=O) groups excluding carboxylic acids is 2. The van der Waals surface area contributed by atoms with E-state index in [2.05, 4.69) is 15.5 Å². The summed E-state index contributed by atoms with van der Waals surface area (Å²) in [5, 5.41) is 10.2. The van der Waals surface area contributed by atoms with E-state index in [1.165, 1.54) is 38.4 Å². The highest BCUT2D eigenvalue weighted by Gasteiger charge is 2.17. The quantitative estimate of drug-likeness (QED) is 0.581. The number of primary amides is 1. The predicted octanol–water partition coefficient (Wildman–Crippen LogP) is -0.173. The minimum atomic E-state index is -3.55. The number of thioether (sulfide) groups is 1. The number of hydrogen-bond acceptors (Lipinski definition) is 8. The third-order valence-corrected chi connectivity index (χ3v) is 5.75. The van der Waals surface area contributed by atoms with Crippen LogP contribution in [0.1, 0.15) is 16.2 Å². The number of nitrogens with two attached hydrogens (primary N) is 1. The zero-order valence-corrected chi connectivity index (χ0v) is 15.6. The number of amides is 2. The minimum Gasteiger partial charge on any atom is -0.414 e. The van der Waals surface area contributed by atoms with Crippen LogP contribution in [-0.2, 0) is 21.4 Å². The van der Waals surface area contributed by atoms with Crippen molar-refractivity contribution in [2.75, 3.05) is 19.8 Å². The van der Waals surface area contributed by atoms with Gasteiger partial charge in [-0.15, -0.1) is 10.2 Å². The molecule has 2 amide bonds. The number of hydrogen-bond donors (Lipinski definition) is 2. The van der Waals surface area contributed by atoms with Crippen molar-refractivity contribution in [2.45, 2.75) is 16.7 Å². The van der Waals surface area contributed by atoms with Gasteiger partial charge >= 0.3 is 0 Å². The Balaban J connectivity index is 1.95. The molecule has 0 radical (unpaired) electrons. The van der Waals surface area contributed by atoms with Gasteiger partial charge in [0.05, 0.1) is 17.2 Å². The lowest BCUT2D eigenvalue weighted by atomic mass is 10.2. The highest BCUT2D eigenvalue weighted by Crippen LogP contribution is 2.16. The number of carbonyl (C=O) groups is 2. The molecule has 2 aromatic rings. The van der Waals surface area contributed by atoms with Gasteiger partial charge < -0.3 is 15.5 Å². The van der Waals surface area contributed by atoms with E-state index in [0.717, 1.165) is 16.1 Å². The molecule has 0 aliphatic heterocycles. The van der Waals surface area contributed by atoms with Crippen molar-refractivity contribution in [2.24, 2.45) is 5.73 Å². The summed E-state index contributed by atoms with van der Waals surface area (Å²) in [7, 11) is -0.697. The summed E-state index contributed by atoms with van der Waals surface area (Å²) in [6.07, 6.45) is 0. The molecule has 0 fully saturated rings. The molecular weight excluding hydrogens is 382 g/mol. The fourth-order valence-electron chi connectivity index (χ4n) is 1.75. The first-order valence-corrected chi connectivity index (χ1v) is 9.67. The molecule has 0 atom stereocenters. The summed E-state index contributed by atoms with van der Waals surface area (Å²) >= 11 is 0.998. The van der Waals surface area contributed by atoms with E-state index < -0.39 is 21.8 Å². The van der Waals surface area contributed by atoms with Crippen LogP contribution in [0.15, 0.2) is 38.8 Å². The maximum absolute atomic E-state index is 12.1. The van der Waals surface area contributed by atoms with Gasteiger partial charge in [-0.05, 0) is 24.3 Å². The Kier molecular flexibility index (Phi) is 6.34. The maximum Gasteiger partial charge on any atom is 0.277 e. The molecule has 1 heterocycles. The second-order valence-electron chi connectivity index (χ2n) is 5.21. The first-order chi connectivity index (χ1) is 12.2. The van der Waals surface area contributed by atoms with Crippen molar-refractivity contribution in [3.8, 4) is 0 Å². The van der Waals surface area contributed by atoms with Crippen LogP contribution < -0.4 is 11.1 Å². The zero-order valence-electron chi connectivity index (χ0n) is 14.0. The second-order valence-corrected chi connectivity index (χ2v) is 8.29. The molecule has 0 bridgehead atoms. The first-order valence-electron chi connectivity index (χ1n) is 7.24. The van der Waals surface area contributed by atoms with E-state index in [-0.39, 0.29) is 33.9 Å². The van der Waals surface area contributed by atoms with E-state index in [9.17, 15) is 18.0 Å². The minimum absolute atomic E-state index is 0.0101. The topological polar surface area (TPSA) is 148 Å². The molecule has 2 rings (SSSR count). The first kappa shape index (κ1) is 19.9. The Morgan fingerprint density at radius 2 is 1.88 bits per heavy atom. The summed E-state index contributed by atoms with van der Waals surface area (Å²) < 4.78 is 30.3. The summed E-state index contributed by atoms with van der Waals surface area (Å²) in [5.41, 5.74) is 5.30. The highest BCUT2D eigenvalue weighted by atomic mass is 32.2. The van der Waals surface area contributed by atoms with Crippen LogP contribution in [0.4, 0.5) is 0 Å². The molecule has 0 saturated carbocycles. The SMILES string of the molecule is CN(C)S(=O)(=O)c1ccc(C(=O)NCc2nnc(SCC(N)=O)o2)cc1. The average Bonchev–Trinajstić information content (AvgIpc) is 3.05. The molecule has 0 unspecified atom stereocenters. The van der Waals surface area contributed by atoms with Gasteiger partial charge in [0.15, 0.2) is 0 Å².